The van der Waals surface area contributed by atoms with Gasteiger partial charge in [-0.3, -0.25) is 9.78 Å². The van der Waals surface area contributed by atoms with Crippen molar-refractivity contribution in [1.29, 1.82) is 0 Å². The normalized spacial score (nSPS) is 14.1. The van der Waals surface area contributed by atoms with Crippen molar-refractivity contribution < 1.29 is 14.3 Å². The maximum atomic E-state index is 12.5. The van der Waals surface area contributed by atoms with Crippen molar-refractivity contribution in [1.82, 2.24) is 4.98 Å². The third-order valence-electron chi connectivity index (χ3n) is 4.30. The average molecular weight is 339 g/mol. The van der Waals surface area contributed by atoms with E-state index in [1.807, 2.05) is 6.07 Å². The highest BCUT2D eigenvalue weighted by Gasteiger charge is 2.17. The Bertz CT molecular complexity index is 770. The number of rotatable bonds is 5. The van der Waals surface area contributed by atoms with Crippen LogP contribution in [0.3, 0.4) is 0 Å². The number of benzene rings is 1. The molecule has 1 aromatic heterocycles. The number of methoxy groups -OCH3 is 1. The minimum atomic E-state index is -0.500. The number of hydrogen-bond donors (Lipinski definition) is 2. The number of anilines is 2. The topological polar surface area (TPSA) is 80.3 Å². The van der Waals surface area contributed by atoms with Crippen molar-refractivity contribution in [3.8, 4) is 0 Å². The van der Waals surface area contributed by atoms with Gasteiger partial charge in [-0.2, -0.15) is 0 Å². The molecular weight excluding hydrogens is 318 g/mol. The SMILES string of the molecule is COC(=O)c1ccccc1NC(=O)c1cc(NC2CCCC2)ccn1. The number of carbonyl (C=O) groups is 2. The number of para-hydroxylation sites is 1. The van der Waals surface area contributed by atoms with Crippen molar-refractivity contribution in [3.05, 3.63) is 53.9 Å². The van der Waals surface area contributed by atoms with Crippen LogP contribution in [0.15, 0.2) is 42.6 Å². The molecule has 0 atom stereocenters. The maximum Gasteiger partial charge on any atom is 0.339 e. The molecule has 0 aliphatic heterocycles. The predicted octanol–water partition coefficient (Wildman–Crippen LogP) is 3.48. The van der Waals surface area contributed by atoms with E-state index < -0.39 is 5.97 Å². The number of carbonyl (C=O) groups excluding carboxylic acids is 2. The fraction of sp³-hybridized carbons (Fsp3) is 0.316. The van der Waals surface area contributed by atoms with Gasteiger partial charge in [-0.1, -0.05) is 25.0 Å². The summed E-state index contributed by atoms with van der Waals surface area (Å²) in [6, 6.07) is 10.8. The van der Waals surface area contributed by atoms with Gasteiger partial charge in [0.1, 0.15) is 5.69 Å². The highest BCUT2D eigenvalue weighted by molar-refractivity contribution is 6.07. The fourth-order valence-corrected chi connectivity index (χ4v) is 3.02. The first-order valence-corrected chi connectivity index (χ1v) is 8.38. The molecule has 2 aromatic rings. The number of esters is 1. The first-order valence-electron chi connectivity index (χ1n) is 8.38. The van der Waals surface area contributed by atoms with Gasteiger partial charge in [0.25, 0.3) is 5.91 Å². The zero-order chi connectivity index (χ0) is 17.6. The van der Waals surface area contributed by atoms with Crippen molar-refractivity contribution in [2.24, 2.45) is 0 Å². The molecule has 130 valence electrons. The van der Waals surface area contributed by atoms with Gasteiger partial charge < -0.3 is 15.4 Å². The Balaban J connectivity index is 1.74. The van der Waals surface area contributed by atoms with E-state index in [-0.39, 0.29) is 5.91 Å². The third-order valence-corrected chi connectivity index (χ3v) is 4.30. The molecule has 1 aliphatic carbocycles. The monoisotopic (exact) mass is 339 g/mol. The summed E-state index contributed by atoms with van der Waals surface area (Å²) in [5.41, 5.74) is 1.88. The summed E-state index contributed by atoms with van der Waals surface area (Å²) in [5, 5.41) is 6.18. The van der Waals surface area contributed by atoms with Crippen LogP contribution in [-0.2, 0) is 4.74 Å². The van der Waals surface area contributed by atoms with Crippen LogP contribution in [0.4, 0.5) is 11.4 Å². The molecule has 0 unspecified atom stereocenters. The van der Waals surface area contributed by atoms with Gasteiger partial charge in [0, 0.05) is 17.9 Å². The lowest BCUT2D eigenvalue weighted by molar-refractivity contribution is 0.0602. The molecule has 0 radical (unpaired) electrons. The number of hydrogen-bond acceptors (Lipinski definition) is 5. The van der Waals surface area contributed by atoms with Crippen LogP contribution in [-0.4, -0.2) is 30.0 Å². The molecule has 1 aliphatic rings. The summed E-state index contributed by atoms with van der Waals surface area (Å²) < 4.78 is 4.74. The zero-order valence-electron chi connectivity index (χ0n) is 14.1. The Hall–Kier alpha value is -2.89. The van der Waals surface area contributed by atoms with Crippen LogP contribution < -0.4 is 10.6 Å². The largest absolute Gasteiger partial charge is 0.465 e. The van der Waals surface area contributed by atoms with Gasteiger partial charge in [0.2, 0.25) is 0 Å². The van der Waals surface area contributed by atoms with Crippen LogP contribution in [0.1, 0.15) is 46.5 Å². The zero-order valence-corrected chi connectivity index (χ0v) is 14.1. The van der Waals surface area contributed by atoms with E-state index in [2.05, 4.69) is 15.6 Å². The summed E-state index contributed by atoms with van der Waals surface area (Å²) in [5.74, 6) is -0.869. The molecule has 1 saturated carbocycles. The van der Waals surface area contributed by atoms with E-state index in [1.165, 1.54) is 20.0 Å². The van der Waals surface area contributed by atoms with E-state index in [0.29, 0.717) is 23.0 Å². The number of nitrogens with one attached hydrogen (secondary N) is 2. The van der Waals surface area contributed by atoms with Gasteiger partial charge in [-0.25, -0.2) is 4.79 Å². The summed E-state index contributed by atoms with van der Waals surface area (Å²) in [4.78, 5) is 28.5. The Morgan fingerprint density at radius 2 is 1.92 bits per heavy atom. The molecule has 1 amide bonds. The molecule has 1 heterocycles. The number of aromatic nitrogens is 1. The fourth-order valence-electron chi connectivity index (χ4n) is 3.02. The van der Waals surface area contributed by atoms with Crippen LogP contribution in [0.2, 0.25) is 0 Å². The first kappa shape index (κ1) is 17.0. The second-order valence-corrected chi connectivity index (χ2v) is 6.05. The highest BCUT2D eigenvalue weighted by atomic mass is 16.5. The minimum absolute atomic E-state index is 0.294. The van der Waals surface area contributed by atoms with Crippen molar-refractivity contribution in [2.75, 3.05) is 17.7 Å². The molecule has 25 heavy (non-hydrogen) atoms. The van der Waals surface area contributed by atoms with E-state index in [0.717, 1.165) is 18.5 Å². The van der Waals surface area contributed by atoms with Gasteiger partial charge in [-0.15, -0.1) is 0 Å². The smallest absolute Gasteiger partial charge is 0.339 e. The van der Waals surface area contributed by atoms with Gasteiger partial charge in [-0.05, 0) is 37.1 Å². The molecule has 6 heteroatoms. The minimum Gasteiger partial charge on any atom is -0.465 e. The van der Waals surface area contributed by atoms with Crippen molar-refractivity contribution in [2.45, 2.75) is 31.7 Å². The van der Waals surface area contributed by atoms with Crippen LogP contribution in [0, 0.1) is 0 Å². The quantitative estimate of drug-likeness (QED) is 0.815. The summed E-state index contributed by atoms with van der Waals surface area (Å²) in [6.07, 6.45) is 6.38. The molecule has 6 nitrogen and oxygen atoms in total. The lowest BCUT2D eigenvalue weighted by Crippen LogP contribution is -2.18. The van der Waals surface area contributed by atoms with Crippen LogP contribution >= 0.6 is 0 Å². The Morgan fingerprint density at radius 3 is 2.68 bits per heavy atom. The molecule has 2 N–H and O–H groups in total. The summed E-state index contributed by atoms with van der Waals surface area (Å²) in [7, 11) is 1.31. The molecular formula is C19H21N3O3. The molecule has 0 spiro atoms. The molecule has 3 rings (SSSR count). The van der Waals surface area contributed by atoms with Crippen molar-refractivity contribution in [3.63, 3.8) is 0 Å². The predicted molar refractivity (Wildman–Crippen MR) is 95.9 cm³/mol. The molecule has 1 fully saturated rings. The summed E-state index contributed by atoms with van der Waals surface area (Å²) >= 11 is 0. The lowest BCUT2D eigenvalue weighted by Gasteiger charge is -2.14. The van der Waals surface area contributed by atoms with E-state index in [9.17, 15) is 9.59 Å². The highest BCUT2D eigenvalue weighted by Crippen LogP contribution is 2.23. The Labute approximate surface area is 146 Å². The second-order valence-electron chi connectivity index (χ2n) is 6.05. The lowest BCUT2D eigenvalue weighted by atomic mass is 10.1. The van der Waals surface area contributed by atoms with Gasteiger partial charge >= 0.3 is 5.97 Å². The Kier molecular flexibility index (Phi) is 5.28. The Morgan fingerprint density at radius 1 is 1.16 bits per heavy atom. The summed E-state index contributed by atoms with van der Waals surface area (Å²) in [6.45, 7) is 0. The number of amides is 1. The van der Waals surface area contributed by atoms with E-state index >= 15 is 0 Å². The first-order chi connectivity index (χ1) is 12.2. The number of nitrogens with zero attached hydrogens (tertiary/aromatic N) is 1. The molecule has 1 aromatic carbocycles. The number of ether oxygens (including phenoxy) is 1. The number of pyridine rings is 1. The molecule has 0 bridgehead atoms. The van der Waals surface area contributed by atoms with Gasteiger partial charge in [0.05, 0.1) is 18.4 Å². The standard InChI is InChI=1S/C19H21N3O3/c1-25-19(24)15-8-4-5-9-16(15)22-18(23)17-12-14(10-11-20-17)21-13-6-2-3-7-13/h4-5,8-13H,2-3,6-7H2,1H3,(H,20,21)(H,22,23). The van der Waals surface area contributed by atoms with Crippen LogP contribution in [0.5, 0.6) is 0 Å². The van der Waals surface area contributed by atoms with Gasteiger partial charge in [0.15, 0.2) is 0 Å². The average Bonchev–Trinajstić information content (AvgIpc) is 3.14. The third kappa shape index (κ3) is 4.15. The van der Waals surface area contributed by atoms with Crippen LogP contribution in [0.25, 0.3) is 0 Å². The van der Waals surface area contributed by atoms with Crippen molar-refractivity contribution >= 4 is 23.3 Å². The second kappa shape index (κ2) is 7.79. The maximum absolute atomic E-state index is 12.5. The van der Waals surface area contributed by atoms with E-state index in [4.69, 9.17) is 4.74 Å². The van der Waals surface area contributed by atoms with E-state index in [1.54, 1.807) is 36.5 Å². The molecule has 0 saturated heterocycles.